The molecule has 0 saturated carbocycles. The first kappa shape index (κ1) is 16.3. The van der Waals surface area contributed by atoms with Gasteiger partial charge in [0.25, 0.3) is 0 Å². The average molecular weight is 293 g/mol. The summed E-state index contributed by atoms with van der Waals surface area (Å²) in [5.74, 6) is 1.97. The smallest absolute Gasteiger partial charge is 0.131 e. The highest BCUT2D eigenvalue weighted by molar-refractivity contribution is 5.51. The molecule has 0 amide bonds. The van der Waals surface area contributed by atoms with Crippen LogP contribution in [0.1, 0.15) is 32.0 Å². The van der Waals surface area contributed by atoms with E-state index in [4.69, 9.17) is 0 Å². The summed E-state index contributed by atoms with van der Waals surface area (Å²) < 4.78 is 2.05. The molecule has 5 nitrogen and oxygen atoms in total. The van der Waals surface area contributed by atoms with Gasteiger partial charge in [-0.15, -0.1) is 0 Å². The van der Waals surface area contributed by atoms with E-state index in [9.17, 15) is 0 Å². The van der Waals surface area contributed by atoms with Crippen molar-refractivity contribution < 1.29 is 0 Å². The van der Waals surface area contributed by atoms with Gasteiger partial charge in [-0.3, -0.25) is 4.68 Å². The fourth-order valence-corrected chi connectivity index (χ4v) is 3.39. The Morgan fingerprint density at radius 2 is 2.00 bits per heavy atom. The molecule has 2 rings (SSSR count). The molecule has 5 heteroatoms. The molecule has 0 bridgehead atoms. The normalized spacial score (nSPS) is 22.8. The Bertz CT molecular complexity index is 477. The second kappa shape index (κ2) is 6.36. The Hall–Kier alpha value is -1.07. The third kappa shape index (κ3) is 3.40. The summed E-state index contributed by atoms with van der Waals surface area (Å²) in [5, 5.41) is 8.18. The first-order chi connectivity index (χ1) is 9.81. The number of anilines is 1. The number of likely N-dealkylation sites (N-methyl/N-ethyl adjacent to an activating group) is 1. The van der Waals surface area contributed by atoms with Gasteiger partial charge in [0.15, 0.2) is 0 Å². The Morgan fingerprint density at radius 3 is 2.52 bits per heavy atom. The van der Waals surface area contributed by atoms with Crippen molar-refractivity contribution in [2.45, 2.75) is 46.3 Å². The molecule has 1 aromatic rings. The predicted molar refractivity (Wildman–Crippen MR) is 88.8 cm³/mol. The number of aromatic nitrogens is 2. The van der Waals surface area contributed by atoms with E-state index in [2.05, 4.69) is 73.7 Å². The van der Waals surface area contributed by atoms with E-state index in [-0.39, 0.29) is 0 Å². The van der Waals surface area contributed by atoms with Gasteiger partial charge in [-0.2, -0.15) is 5.10 Å². The van der Waals surface area contributed by atoms with Crippen molar-refractivity contribution in [2.75, 3.05) is 32.1 Å². The zero-order valence-electron chi connectivity index (χ0n) is 14.6. The van der Waals surface area contributed by atoms with Crippen LogP contribution in [0.5, 0.6) is 0 Å². The van der Waals surface area contributed by atoms with Gasteiger partial charge < -0.3 is 15.1 Å². The maximum atomic E-state index is 4.65. The highest BCUT2D eigenvalue weighted by atomic mass is 15.4. The second-order valence-corrected chi connectivity index (χ2v) is 6.96. The molecule has 0 aliphatic carbocycles. The molecule has 0 aromatic carbocycles. The molecule has 1 fully saturated rings. The molecular weight excluding hydrogens is 262 g/mol. The van der Waals surface area contributed by atoms with Crippen LogP contribution < -0.4 is 10.2 Å². The summed E-state index contributed by atoms with van der Waals surface area (Å²) >= 11 is 0. The minimum absolute atomic E-state index is 0.490. The summed E-state index contributed by atoms with van der Waals surface area (Å²) in [6, 6.07) is 1.11. The van der Waals surface area contributed by atoms with Gasteiger partial charge in [-0.25, -0.2) is 0 Å². The monoisotopic (exact) mass is 293 g/mol. The van der Waals surface area contributed by atoms with Gasteiger partial charge >= 0.3 is 0 Å². The van der Waals surface area contributed by atoms with E-state index in [1.54, 1.807) is 0 Å². The zero-order chi connectivity index (χ0) is 15.7. The summed E-state index contributed by atoms with van der Waals surface area (Å²) in [6.45, 7) is 11.9. The van der Waals surface area contributed by atoms with Crippen molar-refractivity contribution in [3.8, 4) is 0 Å². The fraction of sp³-hybridized carbons (Fsp3) is 0.812. The van der Waals surface area contributed by atoms with Crippen molar-refractivity contribution in [1.82, 2.24) is 20.0 Å². The molecular formula is C16H31N5. The predicted octanol–water partition coefficient (Wildman–Crippen LogP) is 1.61. The van der Waals surface area contributed by atoms with Crippen LogP contribution in [0.25, 0.3) is 0 Å². The molecule has 120 valence electrons. The van der Waals surface area contributed by atoms with Crippen LogP contribution in [0.3, 0.4) is 0 Å². The first-order valence-corrected chi connectivity index (χ1v) is 7.98. The summed E-state index contributed by atoms with van der Waals surface area (Å²) in [4.78, 5) is 4.85. The number of rotatable bonds is 5. The van der Waals surface area contributed by atoms with E-state index in [1.165, 1.54) is 11.4 Å². The molecule has 1 aliphatic rings. The molecule has 1 saturated heterocycles. The van der Waals surface area contributed by atoms with Crippen LogP contribution in [0.2, 0.25) is 0 Å². The van der Waals surface area contributed by atoms with Crippen molar-refractivity contribution in [3.63, 3.8) is 0 Å². The summed E-state index contributed by atoms with van der Waals surface area (Å²) in [6.07, 6.45) is 0. The van der Waals surface area contributed by atoms with Crippen LogP contribution in [0.4, 0.5) is 5.82 Å². The lowest BCUT2D eigenvalue weighted by atomic mass is 10.1. The van der Waals surface area contributed by atoms with E-state index in [0.717, 1.165) is 25.3 Å². The SMILES string of the molecule is Cc1nn(C)c(N2CC(C)C(N(C)C)C2)c1CNC(C)C. The summed E-state index contributed by atoms with van der Waals surface area (Å²) in [7, 11) is 6.43. The lowest BCUT2D eigenvalue weighted by molar-refractivity contribution is 0.266. The average Bonchev–Trinajstić information content (AvgIpc) is 2.87. The molecule has 2 heterocycles. The second-order valence-electron chi connectivity index (χ2n) is 6.96. The molecule has 1 N–H and O–H groups in total. The van der Waals surface area contributed by atoms with Gasteiger partial charge in [0.1, 0.15) is 5.82 Å². The minimum atomic E-state index is 0.490. The molecule has 1 aromatic heterocycles. The Kier molecular flexibility index (Phi) is 4.94. The number of nitrogens with zero attached hydrogens (tertiary/aromatic N) is 4. The maximum absolute atomic E-state index is 4.65. The Morgan fingerprint density at radius 1 is 1.33 bits per heavy atom. The van der Waals surface area contributed by atoms with Crippen molar-refractivity contribution in [3.05, 3.63) is 11.3 Å². The van der Waals surface area contributed by atoms with Crippen molar-refractivity contribution in [1.29, 1.82) is 0 Å². The molecule has 2 unspecified atom stereocenters. The van der Waals surface area contributed by atoms with Gasteiger partial charge in [0, 0.05) is 44.3 Å². The van der Waals surface area contributed by atoms with E-state index >= 15 is 0 Å². The zero-order valence-corrected chi connectivity index (χ0v) is 14.6. The highest BCUT2D eigenvalue weighted by Gasteiger charge is 2.33. The highest BCUT2D eigenvalue weighted by Crippen LogP contribution is 2.30. The maximum Gasteiger partial charge on any atom is 0.131 e. The lowest BCUT2D eigenvalue weighted by Gasteiger charge is -2.24. The van der Waals surface area contributed by atoms with Crippen molar-refractivity contribution in [2.24, 2.45) is 13.0 Å². The number of hydrogen-bond acceptors (Lipinski definition) is 4. The third-order valence-electron chi connectivity index (χ3n) is 4.54. The van der Waals surface area contributed by atoms with Crippen LogP contribution in [0.15, 0.2) is 0 Å². The molecule has 0 radical (unpaired) electrons. The quantitative estimate of drug-likeness (QED) is 0.895. The lowest BCUT2D eigenvalue weighted by Crippen LogP contribution is -2.34. The van der Waals surface area contributed by atoms with Crippen LogP contribution in [-0.2, 0) is 13.6 Å². The van der Waals surface area contributed by atoms with Gasteiger partial charge in [0.05, 0.1) is 5.69 Å². The van der Waals surface area contributed by atoms with Crippen LogP contribution in [-0.4, -0.2) is 53.9 Å². The van der Waals surface area contributed by atoms with Crippen molar-refractivity contribution >= 4 is 5.82 Å². The van der Waals surface area contributed by atoms with Gasteiger partial charge in [0.2, 0.25) is 0 Å². The Balaban J connectivity index is 2.23. The molecule has 0 spiro atoms. The fourth-order valence-electron chi connectivity index (χ4n) is 3.39. The van der Waals surface area contributed by atoms with Crippen LogP contribution in [0, 0.1) is 12.8 Å². The topological polar surface area (TPSA) is 36.3 Å². The van der Waals surface area contributed by atoms with E-state index in [1.807, 2.05) is 0 Å². The van der Waals surface area contributed by atoms with Gasteiger partial charge in [-0.1, -0.05) is 20.8 Å². The minimum Gasteiger partial charge on any atom is -0.355 e. The Labute approximate surface area is 129 Å². The molecule has 2 atom stereocenters. The van der Waals surface area contributed by atoms with Gasteiger partial charge in [-0.05, 0) is 26.9 Å². The van der Waals surface area contributed by atoms with E-state index < -0.39 is 0 Å². The standard InChI is InChI=1S/C16H31N5/c1-11(2)17-8-14-13(4)18-20(7)16(14)21-9-12(3)15(10-21)19(5)6/h11-12,15,17H,8-10H2,1-7H3. The number of hydrogen-bond donors (Lipinski definition) is 1. The molecule has 1 aliphatic heterocycles. The largest absolute Gasteiger partial charge is 0.355 e. The number of nitrogens with one attached hydrogen (secondary N) is 1. The first-order valence-electron chi connectivity index (χ1n) is 7.98. The third-order valence-corrected chi connectivity index (χ3v) is 4.54. The van der Waals surface area contributed by atoms with E-state index in [0.29, 0.717) is 18.0 Å². The molecule has 21 heavy (non-hydrogen) atoms. The number of aryl methyl sites for hydroxylation is 2. The van der Waals surface area contributed by atoms with Crippen LogP contribution >= 0.6 is 0 Å². The summed E-state index contributed by atoms with van der Waals surface area (Å²) in [5.41, 5.74) is 2.49.